The lowest BCUT2D eigenvalue weighted by Gasteiger charge is -2.18. The summed E-state index contributed by atoms with van der Waals surface area (Å²) in [5.74, 6) is 1.03. The maximum atomic E-state index is 12.0. The molecule has 1 aromatic carbocycles. The Labute approximate surface area is 141 Å². The van der Waals surface area contributed by atoms with Crippen LogP contribution < -0.4 is 16.4 Å². The summed E-state index contributed by atoms with van der Waals surface area (Å²) in [5, 5.41) is 5.84. The van der Waals surface area contributed by atoms with Crippen LogP contribution in [0.3, 0.4) is 0 Å². The van der Waals surface area contributed by atoms with Crippen molar-refractivity contribution >= 4 is 29.3 Å². The number of carbonyl (C=O) groups is 2. The first-order valence-corrected chi connectivity index (χ1v) is 9.36. The third kappa shape index (κ3) is 5.55. The van der Waals surface area contributed by atoms with Crippen molar-refractivity contribution in [3.05, 3.63) is 29.8 Å². The SMILES string of the molecule is CSCCC(N)C(=O)NC(C)c1ccc(NC(=O)C2CC2)cc1. The molecular formula is C17H25N3O2S. The van der Waals surface area contributed by atoms with Gasteiger partial charge in [-0.15, -0.1) is 0 Å². The van der Waals surface area contributed by atoms with Crippen molar-refractivity contribution in [3.8, 4) is 0 Å². The number of amides is 2. The van der Waals surface area contributed by atoms with E-state index in [4.69, 9.17) is 5.73 Å². The van der Waals surface area contributed by atoms with Crippen LogP contribution in [0.1, 0.15) is 37.8 Å². The van der Waals surface area contributed by atoms with Gasteiger partial charge in [0, 0.05) is 11.6 Å². The van der Waals surface area contributed by atoms with Crippen molar-refractivity contribution in [1.82, 2.24) is 5.32 Å². The summed E-state index contributed by atoms with van der Waals surface area (Å²) in [6.07, 6.45) is 4.65. The van der Waals surface area contributed by atoms with Crippen molar-refractivity contribution in [1.29, 1.82) is 0 Å². The van der Waals surface area contributed by atoms with Gasteiger partial charge in [-0.3, -0.25) is 9.59 Å². The minimum Gasteiger partial charge on any atom is -0.348 e. The number of hydrogen-bond donors (Lipinski definition) is 3. The van der Waals surface area contributed by atoms with Gasteiger partial charge in [-0.05, 0) is 55.9 Å². The smallest absolute Gasteiger partial charge is 0.237 e. The highest BCUT2D eigenvalue weighted by Crippen LogP contribution is 2.30. The lowest BCUT2D eigenvalue weighted by Crippen LogP contribution is -2.41. The van der Waals surface area contributed by atoms with E-state index in [2.05, 4.69) is 10.6 Å². The van der Waals surface area contributed by atoms with Crippen LogP contribution in [-0.2, 0) is 9.59 Å². The first-order chi connectivity index (χ1) is 11.0. The molecule has 0 aromatic heterocycles. The predicted molar refractivity (Wildman–Crippen MR) is 95.3 cm³/mol. The van der Waals surface area contributed by atoms with Crippen molar-refractivity contribution in [2.45, 2.75) is 38.3 Å². The van der Waals surface area contributed by atoms with Crippen LogP contribution in [0.2, 0.25) is 0 Å². The number of nitrogens with one attached hydrogen (secondary N) is 2. The molecule has 2 rings (SSSR count). The van der Waals surface area contributed by atoms with Crippen LogP contribution in [0.5, 0.6) is 0 Å². The number of thioether (sulfide) groups is 1. The number of rotatable bonds is 8. The molecule has 0 bridgehead atoms. The zero-order valence-corrected chi connectivity index (χ0v) is 14.5. The summed E-state index contributed by atoms with van der Waals surface area (Å²) >= 11 is 1.68. The predicted octanol–water partition coefficient (Wildman–Crippen LogP) is 2.29. The van der Waals surface area contributed by atoms with Gasteiger partial charge in [0.05, 0.1) is 12.1 Å². The van der Waals surface area contributed by atoms with E-state index < -0.39 is 6.04 Å². The van der Waals surface area contributed by atoms with E-state index in [-0.39, 0.29) is 23.8 Å². The average Bonchev–Trinajstić information content (AvgIpc) is 3.38. The summed E-state index contributed by atoms with van der Waals surface area (Å²) in [6.45, 7) is 1.93. The minimum atomic E-state index is -0.470. The minimum absolute atomic E-state index is 0.0962. The summed E-state index contributed by atoms with van der Waals surface area (Å²) in [6, 6.07) is 6.98. The highest BCUT2D eigenvalue weighted by atomic mass is 32.2. The second-order valence-corrected chi connectivity index (χ2v) is 6.99. The number of benzene rings is 1. The Bertz CT molecular complexity index is 543. The Hall–Kier alpha value is -1.53. The fraction of sp³-hybridized carbons (Fsp3) is 0.529. The molecule has 23 heavy (non-hydrogen) atoms. The Balaban J connectivity index is 1.85. The van der Waals surface area contributed by atoms with Crippen molar-refractivity contribution in [2.24, 2.45) is 11.7 Å². The van der Waals surface area contributed by atoms with E-state index in [0.29, 0.717) is 6.42 Å². The molecule has 126 valence electrons. The summed E-state index contributed by atoms with van der Waals surface area (Å²) in [5.41, 5.74) is 7.65. The van der Waals surface area contributed by atoms with Gasteiger partial charge in [0.1, 0.15) is 0 Å². The molecule has 2 unspecified atom stereocenters. The Morgan fingerprint density at radius 3 is 2.52 bits per heavy atom. The van der Waals surface area contributed by atoms with E-state index >= 15 is 0 Å². The van der Waals surface area contributed by atoms with E-state index in [1.807, 2.05) is 37.4 Å². The van der Waals surface area contributed by atoms with Gasteiger partial charge in [0.25, 0.3) is 0 Å². The molecule has 0 spiro atoms. The molecule has 0 saturated heterocycles. The van der Waals surface area contributed by atoms with Gasteiger partial charge in [-0.25, -0.2) is 0 Å². The van der Waals surface area contributed by atoms with Crippen molar-refractivity contribution in [3.63, 3.8) is 0 Å². The van der Waals surface area contributed by atoms with Crippen molar-refractivity contribution < 1.29 is 9.59 Å². The topological polar surface area (TPSA) is 84.2 Å². The maximum Gasteiger partial charge on any atom is 0.237 e. The highest BCUT2D eigenvalue weighted by Gasteiger charge is 2.29. The van der Waals surface area contributed by atoms with E-state index in [1.165, 1.54) is 0 Å². The fourth-order valence-corrected chi connectivity index (χ4v) is 2.71. The Morgan fingerprint density at radius 1 is 1.30 bits per heavy atom. The summed E-state index contributed by atoms with van der Waals surface area (Å²) in [4.78, 5) is 23.7. The molecule has 1 saturated carbocycles. The van der Waals surface area contributed by atoms with Gasteiger partial charge < -0.3 is 16.4 Å². The molecule has 1 aliphatic carbocycles. The van der Waals surface area contributed by atoms with Crippen LogP contribution in [0, 0.1) is 5.92 Å². The largest absolute Gasteiger partial charge is 0.348 e. The molecule has 2 amide bonds. The number of hydrogen-bond acceptors (Lipinski definition) is 4. The molecule has 4 N–H and O–H groups in total. The summed E-state index contributed by atoms with van der Waals surface area (Å²) < 4.78 is 0. The van der Waals surface area contributed by atoms with Crippen LogP contribution >= 0.6 is 11.8 Å². The normalized spacial score (nSPS) is 16.5. The number of carbonyl (C=O) groups excluding carboxylic acids is 2. The van der Waals surface area contributed by atoms with Crippen molar-refractivity contribution in [2.75, 3.05) is 17.3 Å². The summed E-state index contributed by atoms with van der Waals surface area (Å²) in [7, 11) is 0. The first kappa shape index (κ1) is 17.8. The maximum absolute atomic E-state index is 12.0. The number of nitrogens with two attached hydrogens (primary N) is 1. The van der Waals surface area contributed by atoms with Gasteiger partial charge >= 0.3 is 0 Å². The van der Waals surface area contributed by atoms with E-state index in [1.54, 1.807) is 11.8 Å². The van der Waals surface area contributed by atoms with Gasteiger partial charge in [0.15, 0.2) is 0 Å². The Morgan fingerprint density at radius 2 is 1.96 bits per heavy atom. The third-order valence-electron chi connectivity index (χ3n) is 3.95. The molecular weight excluding hydrogens is 310 g/mol. The Kier molecular flexibility index (Phi) is 6.47. The molecule has 6 heteroatoms. The van der Waals surface area contributed by atoms with Crippen LogP contribution in [0.15, 0.2) is 24.3 Å². The molecule has 0 heterocycles. The lowest BCUT2D eigenvalue weighted by atomic mass is 10.1. The monoisotopic (exact) mass is 335 g/mol. The number of anilines is 1. The van der Waals surface area contributed by atoms with Crippen LogP contribution in [0.25, 0.3) is 0 Å². The third-order valence-corrected chi connectivity index (χ3v) is 4.60. The van der Waals surface area contributed by atoms with Gasteiger partial charge in [0.2, 0.25) is 11.8 Å². The van der Waals surface area contributed by atoms with E-state index in [9.17, 15) is 9.59 Å². The second kappa shape index (κ2) is 8.36. The second-order valence-electron chi connectivity index (χ2n) is 6.00. The molecule has 1 fully saturated rings. The molecule has 1 aliphatic rings. The standard InChI is InChI=1S/C17H25N3O2S/c1-11(19-17(22)15(18)9-10-23-2)12-5-7-14(8-6-12)20-16(21)13-3-4-13/h5-8,11,13,15H,3-4,9-10,18H2,1-2H3,(H,19,22)(H,20,21). The zero-order valence-electron chi connectivity index (χ0n) is 13.7. The molecule has 1 aromatic rings. The zero-order chi connectivity index (χ0) is 16.8. The molecule has 0 radical (unpaired) electrons. The van der Waals surface area contributed by atoms with Gasteiger partial charge in [-0.1, -0.05) is 12.1 Å². The quantitative estimate of drug-likeness (QED) is 0.680. The van der Waals surface area contributed by atoms with Gasteiger partial charge in [-0.2, -0.15) is 11.8 Å². The molecule has 5 nitrogen and oxygen atoms in total. The molecule has 0 aliphatic heterocycles. The average molecular weight is 335 g/mol. The fourth-order valence-electron chi connectivity index (χ4n) is 2.22. The highest BCUT2D eigenvalue weighted by molar-refractivity contribution is 7.98. The lowest BCUT2D eigenvalue weighted by molar-refractivity contribution is -0.123. The molecule has 2 atom stereocenters. The van der Waals surface area contributed by atoms with E-state index in [0.717, 1.165) is 29.8 Å². The van der Waals surface area contributed by atoms with Crippen LogP contribution in [-0.4, -0.2) is 29.9 Å². The first-order valence-electron chi connectivity index (χ1n) is 7.97. The van der Waals surface area contributed by atoms with Crippen LogP contribution in [0.4, 0.5) is 5.69 Å².